The summed E-state index contributed by atoms with van der Waals surface area (Å²) in [6.45, 7) is 10.7. The predicted molar refractivity (Wildman–Crippen MR) is 53.6 cm³/mol. The maximum atomic E-state index is 3.96. The first-order valence-corrected chi connectivity index (χ1v) is 4.49. The predicted octanol–water partition coefficient (Wildman–Crippen LogP) is 0.296. The van der Waals surface area contributed by atoms with Crippen LogP contribution in [-0.4, -0.2) is 23.1 Å². The molecule has 0 fully saturated rings. The van der Waals surface area contributed by atoms with Crippen molar-refractivity contribution in [1.29, 1.82) is 0 Å². The van der Waals surface area contributed by atoms with Crippen LogP contribution in [0.25, 0.3) is 0 Å². The van der Waals surface area contributed by atoms with Gasteiger partial charge < -0.3 is 23.9 Å². The van der Waals surface area contributed by atoms with Crippen LogP contribution in [0.3, 0.4) is 0 Å². The summed E-state index contributed by atoms with van der Waals surface area (Å²) in [6.07, 6.45) is 5.37. The Labute approximate surface area is 105 Å². The molecule has 0 aliphatic heterocycles. The van der Waals surface area contributed by atoms with E-state index < -0.39 is 0 Å². The van der Waals surface area contributed by atoms with E-state index in [1.807, 2.05) is 0 Å². The van der Waals surface area contributed by atoms with E-state index in [2.05, 4.69) is 27.7 Å². The third kappa shape index (κ3) is 13.8. The Hall–Kier alpha value is 1.25. The molecule has 0 aromatic rings. The molecule has 2 heteroatoms. The first kappa shape index (κ1) is 18.9. The molecule has 0 aliphatic rings. The molecule has 0 rings (SSSR count). The molecule has 0 aromatic carbocycles. The molecule has 2 atom stereocenters. The van der Waals surface area contributed by atoms with Gasteiger partial charge in [-0.1, -0.05) is 46.5 Å². The van der Waals surface area contributed by atoms with Crippen molar-refractivity contribution in [2.45, 2.75) is 46.5 Å². The van der Waals surface area contributed by atoms with Gasteiger partial charge in [-0.25, -0.2) is 0 Å². The summed E-state index contributed by atoms with van der Waals surface area (Å²) in [6, 6.07) is 0. The van der Waals surface area contributed by atoms with Crippen LogP contribution in [0.2, 0.25) is 0 Å². The first-order chi connectivity index (χ1) is 4.66. The van der Waals surface area contributed by atoms with Gasteiger partial charge in [-0.15, -0.1) is 0 Å². The zero-order valence-electron chi connectivity index (χ0n) is 8.78. The number of hydrogen-bond acceptors (Lipinski definition) is 0. The van der Waals surface area contributed by atoms with Gasteiger partial charge in [0.15, 0.2) is 0 Å². The van der Waals surface area contributed by atoms with Crippen molar-refractivity contribution < 1.29 is 17.0 Å². The molecular formula is C10H21BrMg. The van der Waals surface area contributed by atoms with Gasteiger partial charge in [-0.3, -0.25) is 0 Å². The third-order valence-electron chi connectivity index (χ3n) is 2.09. The summed E-state index contributed by atoms with van der Waals surface area (Å²) in [5.74, 6) is 1.56. The molecular weight excluding hydrogens is 224 g/mol. The molecule has 2 unspecified atom stereocenters. The Morgan fingerprint density at radius 3 is 2.00 bits per heavy atom. The zero-order valence-corrected chi connectivity index (χ0v) is 11.8. The Morgan fingerprint density at radius 2 is 1.67 bits per heavy atom. The van der Waals surface area contributed by atoms with E-state index in [-0.39, 0.29) is 40.0 Å². The van der Waals surface area contributed by atoms with Crippen molar-refractivity contribution in [2.75, 3.05) is 0 Å². The van der Waals surface area contributed by atoms with Crippen LogP contribution < -0.4 is 17.0 Å². The van der Waals surface area contributed by atoms with Gasteiger partial charge in [0.05, 0.1) is 0 Å². The van der Waals surface area contributed by atoms with Crippen molar-refractivity contribution in [2.24, 2.45) is 11.8 Å². The Bertz CT molecular complexity index is 74.2. The molecule has 0 heterocycles. The molecule has 0 aromatic heterocycles. The van der Waals surface area contributed by atoms with Gasteiger partial charge >= 0.3 is 23.1 Å². The van der Waals surface area contributed by atoms with Crippen LogP contribution in [0.15, 0.2) is 0 Å². The molecule has 12 heavy (non-hydrogen) atoms. The monoisotopic (exact) mass is 244 g/mol. The van der Waals surface area contributed by atoms with E-state index >= 15 is 0 Å². The molecule has 0 spiro atoms. The van der Waals surface area contributed by atoms with Crippen molar-refractivity contribution in [3.8, 4) is 0 Å². The molecule has 70 valence electrons. The van der Waals surface area contributed by atoms with Crippen LogP contribution in [0, 0.1) is 18.8 Å². The standard InChI is InChI=1S/C10H21.BrH.Mg/c1-5-10(4)8-6-7-9(2)3;;/h9-10H,2,5-8H2,1,3-4H3;1H;/q-1;;+2/p-1. The van der Waals surface area contributed by atoms with Crippen LogP contribution in [0.1, 0.15) is 46.5 Å². The normalized spacial score (nSPS) is 14.0. The van der Waals surface area contributed by atoms with Gasteiger partial charge in [0.2, 0.25) is 0 Å². The van der Waals surface area contributed by atoms with Gasteiger partial charge in [0.1, 0.15) is 0 Å². The summed E-state index contributed by atoms with van der Waals surface area (Å²) in [7, 11) is 0. The van der Waals surface area contributed by atoms with E-state index in [0.717, 1.165) is 5.92 Å². The minimum Gasteiger partial charge on any atom is -1.00 e. The summed E-state index contributed by atoms with van der Waals surface area (Å²) in [5, 5.41) is 0. The maximum absolute atomic E-state index is 3.96. The molecule has 0 aliphatic carbocycles. The smallest absolute Gasteiger partial charge is 1.00 e. The van der Waals surface area contributed by atoms with Gasteiger partial charge in [-0.05, 0) is 5.92 Å². The van der Waals surface area contributed by atoms with E-state index in [4.69, 9.17) is 0 Å². The summed E-state index contributed by atoms with van der Waals surface area (Å²) >= 11 is 0. The number of rotatable bonds is 5. The van der Waals surface area contributed by atoms with E-state index in [0.29, 0.717) is 5.92 Å². The summed E-state index contributed by atoms with van der Waals surface area (Å²) in [5.41, 5.74) is 0. The maximum Gasteiger partial charge on any atom is 2.00 e. The van der Waals surface area contributed by atoms with Crippen molar-refractivity contribution in [1.82, 2.24) is 0 Å². The first-order valence-electron chi connectivity index (χ1n) is 4.49. The van der Waals surface area contributed by atoms with Crippen LogP contribution >= 0.6 is 0 Å². The topological polar surface area (TPSA) is 0 Å². The second kappa shape index (κ2) is 12.2. The van der Waals surface area contributed by atoms with Crippen molar-refractivity contribution in [3.63, 3.8) is 0 Å². The number of hydrogen-bond donors (Lipinski definition) is 0. The zero-order chi connectivity index (χ0) is 7.98. The van der Waals surface area contributed by atoms with Crippen LogP contribution in [0.5, 0.6) is 0 Å². The molecule has 0 radical (unpaired) electrons. The molecule has 0 bridgehead atoms. The van der Waals surface area contributed by atoms with Gasteiger partial charge in [-0.2, -0.15) is 5.92 Å². The van der Waals surface area contributed by atoms with E-state index in [1.54, 1.807) is 0 Å². The SMILES string of the molecule is [Br-].[CH2-]C(C)CCCC(C)CC.[Mg+2]. The van der Waals surface area contributed by atoms with Crippen LogP contribution in [0.4, 0.5) is 0 Å². The molecule has 0 saturated carbocycles. The summed E-state index contributed by atoms with van der Waals surface area (Å²) < 4.78 is 0. The second-order valence-corrected chi connectivity index (χ2v) is 3.55. The van der Waals surface area contributed by atoms with Gasteiger partial charge in [0, 0.05) is 0 Å². The van der Waals surface area contributed by atoms with E-state index in [1.165, 1.54) is 25.7 Å². The molecule has 0 nitrogen and oxygen atoms in total. The number of halogens is 1. The fourth-order valence-electron chi connectivity index (χ4n) is 1.02. The Kier molecular flexibility index (Phi) is 19.3. The quantitative estimate of drug-likeness (QED) is 0.483. The summed E-state index contributed by atoms with van der Waals surface area (Å²) in [4.78, 5) is 0. The average Bonchev–Trinajstić information content (AvgIpc) is 1.87. The largest absolute Gasteiger partial charge is 2.00 e. The molecule has 0 amide bonds. The Morgan fingerprint density at radius 1 is 1.17 bits per heavy atom. The second-order valence-electron chi connectivity index (χ2n) is 3.55. The minimum atomic E-state index is 0. The van der Waals surface area contributed by atoms with Crippen LogP contribution in [-0.2, 0) is 0 Å². The van der Waals surface area contributed by atoms with Crippen molar-refractivity contribution >= 4 is 23.1 Å². The van der Waals surface area contributed by atoms with Gasteiger partial charge in [0.25, 0.3) is 0 Å². The fraction of sp³-hybridized carbons (Fsp3) is 0.900. The Balaban J connectivity index is -0.000000405. The average molecular weight is 245 g/mol. The molecule has 0 N–H and O–H groups in total. The van der Waals surface area contributed by atoms with E-state index in [9.17, 15) is 0 Å². The fourth-order valence-corrected chi connectivity index (χ4v) is 1.02. The minimum absolute atomic E-state index is 0. The third-order valence-corrected chi connectivity index (χ3v) is 2.09. The van der Waals surface area contributed by atoms with Crippen molar-refractivity contribution in [3.05, 3.63) is 6.92 Å². The molecule has 0 saturated heterocycles.